The van der Waals surface area contributed by atoms with Crippen LogP contribution < -0.4 is 14.2 Å². The minimum absolute atomic E-state index is 0.296. The summed E-state index contributed by atoms with van der Waals surface area (Å²) in [7, 11) is 1.25. The molecule has 1 heterocycles. The van der Waals surface area contributed by atoms with Crippen molar-refractivity contribution in [3.63, 3.8) is 0 Å². The van der Waals surface area contributed by atoms with Crippen LogP contribution >= 0.6 is 0 Å². The largest absolute Gasteiger partial charge is 0.496 e. The van der Waals surface area contributed by atoms with Gasteiger partial charge in [-0.1, -0.05) is 23.8 Å². The van der Waals surface area contributed by atoms with E-state index in [9.17, 15) is 8.42 Å². The Bertz CT molecular complexity index is 955. The van der Waals surface area contributed by atoms with Gasteiger partial charge in [0, 0.05) is 25.2 Å². The maximum atomic E-state index is 12.9. The average Bonchev–Trinajstić information content (AvgIpc) is 2.73. The van der Waals surface area contributed by atoms with Gasteiger partial charge in [-0.3, -0.25) is 0 Å². The second kappa shape index (κ2) is 8.24. The van der Waals surface area contributed by atoms with E-state index in [-0.39, 0.29) is 0 Å². The molecule has 7 heteroatoms. The number of nitrogens with zero attached hydrogens (tertiary/aromatic N) is 1. The van der Waals surface area contributed by atoms with Crippen molar-refractivity contribution in [2.45, 2.75) is 18.2 Å². The first-order chi connectivity index (χ1) is 13.4. The van der Waals surface area contributed by atoms with E-state index in [1.807, 2.05) is 25.1 Å². The number of methoxy groups -OCH3 is 3. The zero-order valence-corrected chi connectivity index (χ0v) is 17.4. The molecule has 0 saturated heterocycles. The lowest BCUT2D eigenvalue weighted by Gasteiger charge is -2.27. The van der Waals surface area contributed by atoms with E-state index in [0.29, 0.717) is 41.7 Å². The summed E-state index contributed by atoms with van der Waals surface area (Å²) >= 11 is 0. The van der Waals surface area contributed by atoms with E-state index < -0.39 is 10.0 Å². The van der Waals surface area contributed by atoms with Crippen LogP contribution in [0, 0.1) is 6.92 Å². The number of aryl methyl sites for hydroxylation is 1. The molecule has 1 aliphatic rings. The van der Waals surface area contributed by atoms with E-state index in [1.165, 1.54) is 4.31 Å². The van der Waals surface area contributed by atoms with Crippen molar-refractivity contribution < 1.29 is 22.6 Å². The lowest BCUT2D eigenvalue weighted by Crippen LogP contribution is -2.34. The van der Waals surface area contributed by atoms with E-state index in [1.54, 1.807) is 45.6 Å². The van der Waals surface area contributed by atoms with Crippen molar-refractivity contribution in [2.75, 3.05) is 34.4 Å². The molecular weight excluding hydrogens is 378 g/mol. The highest BCUT2D eigenvalue weighted by Crippen LogP contribution is 2.41. The first-order valence-electron chi connectivity index (χ1n) is 8.97. The number of benzene rings is 2. The fourth-order valence-electron chi connectivity index (χ4n) is 3.28. The van der Waals surface area contributed by atoms with Crippen LogP contribution in [0.1, 0.15) is 17.5 Å². The van der Waals surface area contributed by atoms with Crippen LogP contribution in [0.3, 0.4) is 0 Å². The zero-order valence-electron chi connectivity index (χ0n) is 16.6. The Morgan fingerprint density at radius 2 is 1.54 bits per heavy atom. The van der Waals surface area contributed by atoms with Crippen LogP contribution in [-0.2, 0) is 10.0 Å². The van der Waals surface area contributed by atoms with Crippen molar-refractivity contribution in [2.24, 2.45) is 0 Å². The number of sulfonamides is 1. The Labute approximate surface area is 166 Å². The van der Waals surface area contributed by atoms with Gasteiger partial charge in [0.25, 0.3) is 0 Å². The number of hydrogen-bond donors (Lipinski definition) is 0. The van der Waals surface area contributed by atoms with Gasteiger partial charge in [0.2, 0.25) is 10.0 Å². The summed E-state index contributed by atoms with van der Waals surface area (Å²) in [6.07, 6.45) is 2.48. The zero-order chi connectivity index (χ0) is 20.3. The Morgan fingerprint density at radius 1 is 0.929 bits per heavy atom. The van der Waals surface area contributed by atoms with Crippen molar-refractivity contribution in [3.05, 3.63) is 53.6 Å². The first kappa shape index (κ1) is 20.2. The third-order valence-corrected chi connectivity index (χ3v) is 6.75. The van der Waals surface area contributed by atoms with Gasteiger partial charge in [0.1, 0.15) is 17.2 Å². The molecule has 0 spiro atoms. The van der Waals surface area contributed by atoms with E-state index in [2.05, 4.69) is 0 Å². The first-order valence-corrected chi connectivity index (χ1v) is 10.4. The molecule has 6 nitrogen and oxygen atoms in total. The van der Waals surface area contributed by atoms with Crippen molar-refractivity contribution in [3.8, 4) is 17.2 Å². The summed E-state index contributed by atoms with van der Waals surface area (Å²) in [5, 5.41) is 0. The lowest BCUT2D eigenvalue weighted by molar-refractivity contribution is 0.372. The fourth-order valence-corrected chi connectivity index (χ4v) is 4.66. The second-order valence-electron chi connectivity index (χ2n) is 6.56. The molecule has 0 saturated carbocycles. The van der Waals surface area contributed by atoms with Gasteiger partial charge in [0.15, 0.2) is 0 Å². The molecule has 150 valence electrons. The van der Waals surface area contributed by atoms with Crippen LogP contribution in [0.15, 0.2) is 47.4 Å². The third-order valence-electron chi connectivity index (χ3n) is 4.87. The number of hydrogen-bond acceptors (Lipinski definition) is 5. The molecule has 0 aromatic heterocycles. The van der Waals surface area contributed by atoms with Gasteiger partial charge in [-0.25, -0.2) is 8.42 Å². The highest BCUT2D eigenvalue weighted by atomic mass is 32.2. The molecule has 1 aliphatic heterocycles. The summed E-state index contributed by atoms with van der Waals surface area (Å²) in [5.74, 6) is 1.91. The van der Waals surface area contributed by atoms with Gasteiger partial charge in [-0.2, -0.15) is 4.31 Å². The predicted molar refractivity (Wildman–Crippen MR) is 109 cm³/mol. The van der Waals surface area contributed by atoms with E-state index in [4.69, 9.17) is 14.2 Å². The van der Waals surface area contributed by atoms with Gasteiger partial charge in [-0.05, 0) is 31.1 Å². The molecule has 0 radical (unpaired) electrons. The predicted octanol–water partition coefficient (Wildman–Crippen LogP) is 3.50. The molecule has 3 rings (SSSR count). The minimum atomic E-state index is -3.52. The Balaban J connectivity index is 1.91. The Kier molecular flexibility index (Phi) is 5.96. The van der Waals surface area contributed by atoms with Crippen molar-refractivity contribution >= 4 is 15.6 Å². The maximum absolute atomic E-state index is 12.9. The van der Waals surface area contributed by atoms with Crippen molar-refractivity contribution in [1.29, 1.82) is 0 Å². The van der Waals surface area contributed by atoms with Crippen LogP contribution in [0.25, 0.3) is 5.57 Å². The molecule has 2 aromatic carbocycles. The van der Waals surface area contributed by atoms with Crippen LogP contribution in [0.5, 0.6) is 17.2 Å². The van der Waals surface area contributed by atoms with Crippen LogP contribution in [0.4, 0.5) is 0 Å². The fraction of sp³-hybridized carbons (Fsp3) is 0.333. The Hall–Kier alpha value is -2.51. The smallest absolute Gasteiger partial charge is 0.243 e. The standard InChI is InChI=1S/C21H25NO5S/c1-15-5-7-18(8-6-15)28(23,24)22-11-9-16(10-12-22)21-19(26-3)13-17(25-2)14-20(21)27-4/h5-9,13-14H,10-12H2,1-4H3. The summed E-state index contributed by atoms with van der Waals surface area (Å²) in [4.78, 5) is 0.314. The average molecular weight is 404 g/mol. The minimum Gasteiger partial charge on any atom is -0.496 e. The van der Waals surface area contributed by atoms with Gasteiger partial charge < -0.3 is 14.2 Å². The summed E-state index contributed by atoms with van der Waals surface area (Å²) in [6.45, 7) is 2.62. The normalized spacial score (nSPS) is 15.1. The summed E-state index contributed by atoms with van der Waals surface area (Å²) < 4.78 is 43.6. The highest BCUT2D eigenvalue weighted by molar-refractivity contribution is 7.89. The molecular formula is C21H25NO5S. The topological polar surface area (TPSA) is 65.1 Å². The summed E-state index contributed by atoms with van der Waals surface area (Å²) in [6, 6.07) is 10.5. The highest BCUT2D eigenvalue weighted by Gasteiger charge is 2.28. The maximum Gasteiger partial charge on any atom is 0.243 e. The molecule has 0 N–H and O–H groups in total. The lowest BCUT2D eigenvalue weighted by atomic mass is 9.98. The van der Waals surface area contributed by atoms with Gasteiger partial charge in [0.05, 0.1) is 31.8 Å². The third kappa shape index (κ3) is 3.86. The quantitative estimate of drug-likeness (QED) is 0.739. The molecule has 0 unspecified atom stereocenters. The summed E-state index contributed by atoms with van der Waals surface area (Å²) in [5.41, 5.74) is 2.85. The van der Waals surface area contributed by atoms with Crippen LogP contribution in [-0.4, -0.2) is 47.1 Å². The second-order valence-corrected chi connectivity index (χ2v) is 8.50. The van der Waals surface area contributed by atoms with Gasteiger partial charge >= 0.3 is 0 Å². The van der Waals surface area contributed by atoms with E-state index >= 15 is 0 Å². The molecule has 0 bridgehead atoms. The number of rotatable bonds is 6. The number of ether oxygens (including phenoxy) is 3. The molecule has 0 amide bonds. The van der Waals surface area contributed by atoms with Crippen LogP contribution in [0.2, 0.25) is 0 Å². The molecule has 28 heavy (non-hydrogen) atoms. The molecule has 2 aromatic rings. The van der Waals surface area contributed by atoms with E-state index in [0.717, 1.165) is 16.7 Å². The van der Waals surface area contributed by atoms with Gasteiger partial charge in [-0.15, -0.1) is 0 Å². The molecule has 0 atom stereocenters. The monoisotopic (exact) mass is 403 g/mol. The molecule has 0 fully saturated rings. The SMILES string of the molecule is COc1cc(OC)c(C2=CCN(S(=O)(=O)c3ccc(C)cc3)CC2)c(OC)c1. The Morgan fingerprint density at radius 3 is 2.00 bits per heavy atom. The molecule has 0 aliphatic carbocycles. The van der Waals surface area contributed by atoms with Crippen molar-refractivity contribution in [1.82, 2.24) is 4.31 Å².